The van der Waals surface area contributed by atoms with Crippen LogP contribution in [0.5, 0.6) is 5.75 Å². The fourth-order valence-electron chi connectivity index (χ4n) is 2.62. The van der Waals surface area contributed by atoms with E-state index in [2.05, 4.69) is 5.32 Å². The molecule has 0 spiro atoms. The fourth-order valence-corrected chi connectivity index (χ4v) is 2.62. The van der Waals surface area contributed by atoms with E-state index in [1.54, 1.807) is 36.4 Å². The minimum absolute atomic E-state index is 0.00145. The number of hydrogen-bond acceptors (Lipinski definition) is 3. The summed E-state index contributed by atoms with van der Waals surface area (Å²) < 4.78 is 45.9. The zero-order chi connectivity index (χ0) is 20.1. The largest absolute Gasteiger partial charge is 0.488 e. The molecule has 0 amide bonds. The molecule has 3 aromatic rings. The first-order chi connectivity index (χ1) is 13.3. The number of benzene rings is 3. The number of halogens is 3. The molecular formula is C21H16F3NO3. The van der Waals surface area contributed by atoms with Gasteiger partial charge in [0.2, 0.25) is 0 Å². The number of carboxylic acids is 1. The number of alkyl halides is 3. The van der Waals surface area contributed by atoms with Crippen LogP contribution in [0.4, 0.5) is 24.5 Å². The van der Waals surface area contributed by atoms with Gasteiger partial charge in [-0.1, -0.05) is 42.5 Å². The number of carboxylic acid groups (broad SMARTS) is 1. The maximum absolute atomic E-state index is 13.5. The normalized spacial score (nSPS) is 11.1. The van der Waals surface area contributed by atoms with E-state index in [0.29, 0.717) is 0 Å². The van der Waals surface area contributed by atoms with Crippen molar-refractivity contribution in [2.24, 2.45) is 0 Å². The van der Waals surface area contributed by atoms with E-state index in [1.165, 1.54) is 30.3 Å². The second-order valence-electron chi connectivity index (χ2n) is 5.96. The second kappa shape index (κ2) is 8.04. The summed E-state index contributed by atoms with van der Waals surface area (Å²) in [4.78, 5) is 11.3. The molecule has 3 aromatic carbocycles. The van der Waals surface area contributed by atoms with Crippen LogP contribution in [0.3, 0.4) is 0 Å². The highest BCUT2D eigenvalue weighted by Gasteiger charge is 2.35. The zero-order valence-electron chi connectivity index (χ0n) is 14.5. The molecule has 0 saturated carbocycles. The van der Waals surface area contributed by atoms with Gasteiger partial charge < -0.3 is 15.2 Å². The van der Waals surface area contributed by atoms with Crippen molar-refractivity contribution in [1.82, 2.24) is 0 Å². The first-order valence-electron chi connectivity index (χ1n) is 8.32. The van der Waals surface area contributed by atoms with Gasteiger partial charge in [0, 0.05) is 5.69 Å². The third kappa shape index (κ3) is 4.62. The van der Waals surface area contributed by atoms with E-state index in [9.17, 15) is 23.1 Å². The van der Waals surface area contributed by atoms with Crippen molar-refractivity contribution in [2.75, 3.05) is 5.32 Å². The molecule has 2 N–H and O–H groups in total. The number of anilines is 2. The predicted molar refractivity (Wildman–Crippen MR) is 98.9 cm³/mol. The number of aromatic carboxylic acids is 1. The summed E-state index contributed by atoms with van der Waals surface area (Å²) in [5, 5.41) is 11.9. The molecule has 0 bridgehead atoms. The van der Waals surface area contributed by atoms with Gasteiger partial charge in [0.05, 0.1) is 16.8 Å². The third-order valence-electron chi connectivity index (χ3n) is 3.96. The van der Waals surface area contributed by atoms with Crippen molar-refractivity contribution in [3.8, 4) is 5.75 Å². The van der Waals surface area contributed by atoms with Crippen LogP contribution in [0.2, 0.25) is 0 Å². The Kier molecular flexibility index (Phi) is 5.54. The van der Waals surface area contributed by atoms with Crippen molar-refractivity contribution < 1.29 is 27.8 Å². The monoisotopic (exact) mass is 387 g/mol. The Bertz CT molecular complexity index is 972. The molecule has 0 aliphatic carbocycles. The Morgan fingerprint density at radius 3 is 2.32 bits per heavy atom. The minimum Gasteiger partial charge on any atom is -0.488 e. The molecular weight excluding hydrogens is 371 g/mol. The lowest BCUT2D eigenvalue weighted by Gasteiger charge is -2.17. The maximum Gasteiger partial charge on any atom is 0.420 e. The molecule has 0 heterocycles. The highest BCUT2D eigenvalue weighted by molar-refractivity contribution is 5.95. The van der Waals surface area contributed by atoms with Crippen LogP contribution in [0.25, 0.3) is 0 Å². The molecule has 28 heavy (non-hydrogen) atoms. The van der Waals surface area contributed by atoms with Crippen molar-refractivity contribution in [3.63, 3.8) is 0 Å². The molecule has 0 fully saturated rings. The van der Waals surface area contributed by atoms with Crippen molar-refractivity contribution >= 4 is 17.3 Å². The van der Waals surface area contributed by atoms with Gasteiger partial charge in [0.25, 0.3) is 0 Å². The highest BCUT2D eigenvalue weighted by Crippen LogP contribution is 2.39. The van der Waals surface area contributed by atoms with Gasteiger partial charge in [-0.3, -0.25) is 0 Å². The van der Waals surface area contributed by atoms with Crippen LogP contribution in [0.1, 0.15) is 21.5 Å². The zero-order valence-corrected chi connectivity index (χ0v) is 14.5. The van der Waals surface area contributed by atoms with E-state index in [-0.39, 0.29) is 29.3 Å². The Morgan fingerprint density at radius 1 is 0.964 bits per heavy atom. The van der Waals surface area contributed by atoms with Gasteiger partial charge in [-0.15, -0.1) is 0 Å². The maximum atomic E-state index is 13.5. The molecule has 144 valence electrons. The molecule has 3 rings (SSSR count). The smallest absolute Gasteiger partial charge is 0.420 e. The van der Waals surface area contributed by atoms with Crippen LogP contribution < -0.4 is 10.1 Å². The molecule has 0 unspecified atom stereocenters. The molecule has 0 saturated heterocycles. The molecule has 0 radical (unpaired) electrons. The number of hydrogen-bond donors (Lipinski definition) is 2. The van der Waals surface area contributed by atoms with Crippen LogP contribution in [0.15, 0.2) is 72.8 Å². The van der Waals surface area contributed by atoms with E-state index in [0.717, 1.165) is 11.6 Å². The third-order valence-corrected chi connectivity index (χ3v) is 3.96. The SMILES string of the molecule is O=C(O)c1ccccc1Nc1ccc(OCc2ccccc2)c(C(F)(F)F)c1. The molecule has 0 aromatic heterocycles. The van der Waals surface area contributed by atoms with Gasteiger partial charge >= 0.3 is 12.1 Å². The van der Waals surface area contributed by atoms with E-state index < -0.39 is 17.7 Å². The molecule has 0 aliphatic rings. The number of carbonyl (C=O) groups is 1. The summed E-state index contributed by atoms with van der Waals surface area (Å²) in [6, 6.07) is 18.4. The van der Waals surface area contributed by atoms with Crippen LogP contribution in [0, 0.1) is 0 Å². The summed E-state index contributed by atoms with van der Waals surface area (Å²) in [7, 11) is 0. The standard InChI is InChI=1S/C21H16F3NO3/c22-21(23,24)17-12-15(25-18-9-5-4-8-16(18)20(26)27)10-11-19(17)28-13-14-6-2-1-3-7-14/h1-12,25H,13H2,(H,26,27). The first-order valence-corrected chi connectivity index (χ1v) is 8.32. The predicted octanol–water partition coefficient (Wildman–Crippen LogP) is 5.73. The summed E-state index contributed by atoms with van der Waals surface area (Å²) in [6.45, 7) is -0.00145. The number of ether oxygens (including phenoxy) is 1. The van der Waals surface area contributed by atoms with E-state index >= 15 is 0 Å². The van der Waals surface area contributed by atoms with Crippen molar-refractivity contribution in [2.45, 2.75) is 12.8 Å². The van der Waals surface area contributed by atoms with Crippen molar-refractivity contribution in [3.05, 3.63) is 89.5 Å². The van der Waals surface area contributed by atoms with Crippen LogP contribution in [-0.4, -0.2) is 11.1 Å². The van der Waals surface area contributed by atoms with Gasteiger partial charge in [-0.05, 0) is 35.9 Å². The summed E-state index contributed by atoms with van der Waals surface area (Å²) in [6.07, 6.45) is -4.63. The quantitative estimate of drug-likeness (QED) is 0.567. The average molecular weight is 387 g/mol. The second-order valence-corrected chi connectivity index (χ2v) is 5.96. The lowest BCUT2D eigenvalue weighted by Crippen LogP contribution is -2.10. The Labute approximate surface area is 159 Å². The van der Waals surface area contributed by atoms with Gasteiger partial charge in [0.1, 0.15) is 12.4 Å². The Balaban J connectivity index is 1.88. The lowest BCUT2D eigenvalue weighted by atomic mass is 10.1. The van der Waals surface area contributed by atoms with Gasteiger partial charge in [-0.2, -0.15) is 13.2 Å². The summed E-state index contributed by atoms with van der Waals surface area (Å²) in [5.74, 6) is -1.48. The average Bonchev–Trinajstić information content (AvgIpc) is 2.67. The fraction of sp³-hybridized carbons (Fsp3) is 0.0952. The summed E-state index contributed by atoms with van der Waals surface area (Å²) in [5.41, 5.74) is 0.0593. The van der Waals surface area contributed by atoms with Gasteiger partial charge in [0.15, 0.2) is 0 Å². The lowest BCUT2D eigenvalue weighted by molar-refractivity contribution is -0.139. The first kappa shape index (κ1) is 19.3. The van der Waals surface area contributed by atoms with E-state index in [1.807, 2.05) is 0 Å². The van der Waals surface area contributed by atoms with Crippen LogP contribution >= 0.6 is 0 Å². The highest BCUT2D eigenvalue weighted by atomic mass is 19.4. The molecule has 4 nitrogen and oxygen atoms in total. The van der Waals surface area contributed by atoms with Crippen LogP contribution in [-0.2, 0) is 12.8 Å². The number of para-hydroxylation sites is 1. The topological polar surface area (TPSA) is 58.6 Å². The summed E-state index contributed by atoms with van der Waals surface area (Å²) >= 11 is 0. The molecule has 0 atom stereocenters. The Hall–Kier alpha value is -3.48. The number of nitrogens with one attached hydrogen (secondary N) is 1. The van der Waals surface area contributed by atoms with E-state index in [4.69, 9.17) is 4.74 Å². The Morgan fingerprint density at radius 2 is 1.64 bits per heavy atom. The number of rotatable bonds is 6. The van der Waals surface area contributed by atoms with Gasteiger partial charge in [-0.25, -0.2) is 4.79 Å². The van der Waals surface area contributed by atoms with Crippen molar-refractivity contribution in [1.29, 1.82) is 0 Å². The minimum atomic E-state index is -4.63. The molecule has 0 aliphatic heterocycles. The molecule has 7 heteroatoms.